The Bertz CT molecular complexity index is 568. The van der Waals surface area contributed by atoms with Crippen LogP contribution in [-0.4, -0.2) is 19.5 Å². The van der Waals surface area contributed by atoms with Crippen LogP contribution in [0.25, 0.3) is 5.69 Å². The normalized spacial score (nSPS) is 18.9. The van der Waals surface area contributed by atoms with Crippen LogP contribution in [-0.2, 0) is 13.0 Å². The fourth-order valence-corrected chi connectivity index (χ4v) is 2.88. The van der Waals surface area contributed by atoms with E-state index in [4.69, 9.17) is 0 Å². The van der Waals surface area contributed by atoms with Crippen LogP contribution in [0.4, 0.5) is 0 Å². The molecule has 1 N–H and O–H groups in total. The lowest BCUT2D eigenvalue weighted by atomic mass is 9.95. The van der Waals surface area contributed by atoms with E-state index < -0.39 is 0 Å². The second-order valence-corrected chi connectivity index (χ2v) is 4.99. The van der Waals surface area contributed by atoms with E-state index in [1.807, 2.05) is 10.9 Å². The topological polar surface area (TPSA) is 43.0 Å². The van der Waals surface area contributed by atoms with Crippen molar-refractivity contribution in [1.82, 2.24) is 14.3 Å². The van der Waals surface area contributed by atoms with Crippen molar-refractivity contribution in [2.24, 2.45) is 0 Å². The summed E-state index contributed by atoms with van der Waals surface area (Å²) in [4.78, 5) is 0. The van der Waals surface area contributed by atoms with Gasteiger partial charge in [0.1, 0.15) is 0 Å². The zero-order valence-electron chi connectivity index (χ0n) is 10.9. The quantitative estimate of drug-likeness (QED) is 0.882. The molecule has 0 radical (unpaired) electrons. The molecule has 0 spiro atoms. The van der Waals surface area contributed by atoms with E-state index in [0.717, 1.165) is 37.1 Å². The zero-order valence-corrected chi connectivity index (χ0v) is 10.9. The summed E-state index contributed by atoms with van der Waals surface area (Å²) < 4.78 is 4.16. The average Bonchev–Trinajstić information content (AvgIpc) is 2.93. The molecule has 2 heterocycles. The molecule has 2 aromatic rings. The van der Waals surface area contributed by atoms with Crippen LogP contribution >= 0.6 is 0 Å². The van der Waals surface area contributed by atoms with Gasteiger partial charge in [-0.3, -0.25) is 4.68 Å². The fourth-order valence-electron chi connectivity index (χ4n) is 2.88. The molecule has 1 aliphatic rings. The van der Waals surface area contributed by atoms with Crippen LogP contribution in [0.2, 0.25) is 0 Å². The molecule has 18 heavy (non-hydrogen) atoms. The fraction of sp³-hybridized carbons (Fsp3) is 0.500. The van der Waals surface area contributed by atoms with Crippen molar-refractivity contribution in [3.63, 3.8) is 0 Å². The van der Waals surface area contributed by atoms with Gasteiger partial charge in [0.05, 0.1) is 18.0 Å². The monoisotopic (exact) mass is 245 g/mol. The first kappa shape index (κ1) is 11.5. The highest BCUT2D eigenvalue weighted by atomic mass is 16.3. The molecule has 0 saturated heterocycles. The number of aliphatic hydroxyl groups is 1. The summed E-state index contributed by atoms with van der Waals surface area (Å²) in [5.41, 5.74) is 4.63. The molecular formula is C14H19N3O. The van der Waals surface area contributed by atoms with E-state index in [1.165, 1.54) is 11.4 Å². The highest BCUT2D eigenvalue weighted by Gasteiger charge is 2.23. The van der Waals surface area contributed by atoms with Crippen molar-refractivity contribution >= 4 is 0 Å². The Morgan fingerprint density at radius 3 is 3.06 bits per heavy atom. The maximum atomic E-state index is 10.1. The lowest BCUT2D eigenvalue weighted by Crippen LogP contribution is -2.11. The molecule has 0 saturated carbocycles. The second kappa shape index (κ2) is 4.28. The van der Waals surface area contributed by atoms with Gasteiger partial charge in [0, 0.05) is 29.7 Å². The van der Waals surface area contributed by atoms with Gasteiger partial charge in [-0.2, -0.15) is 5.10 Å². The van der Waals surface area contributed by atoms with E-state index in [2.05, 4.69) is 35.8 Å². The highest BCUT2D eigenvalue weighted by Crippen LogP contribution is 2.33. The van der Waals surface area contributed by atoms with Gasteiger partial charge in [0.2, 0.25) is 0 Å². The minimum atomic E-state index is -0.296. The summed E-state index contributed by atoms with van der Waals surface area (Å²) in [5.74, 6) is 0. The van der Waals surface area contributed by atoms with Crippen molar-refractivity contribution in [3.8, 4) is 5.69 Å². The maximum absolute atomic E-state index is 10.1. The average molecular weight is 245 g/mol. The molecule has 4 nitrogen and oxygen atoms in total. The van der Waals surface area contributed by atoms with E-state index in [-0.39, 0.29) is 6.10 Å². The third kappa shape index (κ3) is 1.68. The number of aromatic nitrogens is 3. The molecule has 1 atom stereocenters. The lowest BCUT2D eigenvalue weighted by Gasteiger charge is -2.19. The maximum Gasteiger partial charge on any atom is 0.0837 e. The first-order valence-corrected chi connectivity index (χ1v) is 6.62. The standard InChI is InChI=1S/C14H19N3O/c1-3-16-9-11(8-15-16)17-10(2)7-12-13(17)5-4-6-14(12)18/h7-9,14,18H,3-6H2,1-2H3. The Morgan fingerprint density at radius 1 is 1.50 bits per heavy atom. The Balaban J connectivity index is 2.11. The van der Waals surface area contributed by atoms with Crippen LogP contribution in [0.15, 0.2) is 18.5 Å². The molecule has 0 aliphatic heterocycles. The Labute approximate surface area is 107 Å². The largest absolute Gasteiger partial charge is 0.388 e. The van der Waals surface area contributed by atoms with Gasteiger partial charge in [-0.15, -0.1) is 0 Å². The minimum absolute atomic E-state index is 0.296. The highest BCUT2D eigenvalue weighted by molar-refractivity contribution is 5.41. The SMILES string of the molecule is CCn1cc(-n2c(C)cc3c2CCCC3O)cn1. The zero-order chi connectivity index (χ0) is 12.7. The van der Waals surface area contributed by atoms with E-state index in [9.17, 15) is 5.11 Å². The van der Waals surface area contributed by atoms with E-state index >= 15 is 0 Å². The molecule has 0 amide bonds. The van der Waals surface area contributed by atoms with Crippen LogP contribution in [0, 0.1) is 6.92 Å². The van der Waals surface area contributed by atoms with Crippen molar-refractivity contribution in [3.05, 3.63) is 35.4 Å². The number of aliphatic hydroxyl groups excluding tert-OH is 1. The van der Waals surface area contributed by atoms with Crippen molar-refractivity contribution in [2.75, 3.05) is 0 Å². The van der Waals surface area contributed by atoms with Gasteiger partial charge >= 0.3 is 0 Å². The Hall–Kier alpha value is -1.55. The molecule has 3 rings (SSSR count). The third-order valence-corrected chi connectivity index (χ3v) is 3.77. The second-order valence-electron chi connectivity index (χ2n) is 4.99. The first-order chi connectivity index (χ1) is 8.70. The molecule has 0 bridgehead atoms. The van der Waals surface area contributed by atoms with Gasteiger partial charge in [-0.05, 0) is 39.2 Å². The van der Waals surface area contributed by atoms with Gasteiger partial charge < -0.3 is 9.67 Å². The summed E-state index contributed by atoms with van der Waals surface area (Å²) in [7, 11) is 0. The number of fused-ring (bicyclic) bond motifs is 1. The van der Waals surface area contributed by atoms with Gasteiger partial charge in [-0.25, -0.2) is 0 Å². The molecule has 2 aromatic heterocycles. The molecule has 0 fully saturated rings. The van der Waals surface area contributed by atoms with Gasteiger partial charge in [0.15, 0.2) is 0 Å². The Kier molecular flexibility index (Phi) is 2.74. The summed E-state index contributed by atoms with van der Waals surface area (Å²) in [5, 5.41) is 14.4. The van der Waals surface area contributed by atoms with Crippen LogP contribution in [0.1, 0.15) is 42.8 Å². The molecule has 1 unspecified atom stereocenters. The third-order valence-electron chi connectivity index (χ3n) is 3.77. The molecule has 0 aromatic carbocycles. The number of nitrogens with zero attached hydrogens (tertiary/aromatic N) is 3. The van der Waals surface area contributed by atoms with Crippen LogP contribution in [0.5, 0.6) is 0 Å². The number of hydrogen-bond acceptors (Lipinski definition) is 2. The van der Waals surface area contributed by atoms with Crippen molar-refractivity contribution in [2.45, 2.75) is 45.8 Å². The molecule has 1 aliphatic carbocycles. The van der Waals surface area contributed by atoms with Crippen molar-refractivity contribution in [1.29, 1.82) is 0 Å². The number of aryl methyl sites for hydroxylation is 2. The van der Waals surface area contributed by atoms with E-state index in [1.54, 1.807) is 0 Å². The molecule has 4 heteroatoms. The number of hydrogen-bond donors (Lipinski definition) is 1. The summed E-state index contributed by atoms with van der Waals surface area (Å²) in [6.07, 6.45) is 6.64. The minimum Gasteiger partial charge on any atom is -0.388 e. The van der Waals surface area contributed by atoms with Crippen molar-refractivity contribution < 1.29 is 5.11 Å². The molecule has 96 valence electrons. The van der Waals surface area contributed by atoms with E-state index in [0.29, 0.717) is 0 Å². The van der Waals surface area contributed by atoms with Gasteiger partial charge in [0.25, 0.3) is 0 Å². The predicted octanol–water partition coefficient (Wildman–Crippen LogP) is 2.37. The van der Waals surface area contributed by atoms with Gasteiger partial charge in [-0.1, -0.05) is 0 Å². The smallest absolute Gasteiger partial charge is 0.0837 e. The lowest BCUT2D eigenvalue weighted by molar-refractivity contribution is 0.156. The number of rotatable bonds is 2. The van der Waals surface area contributed by atoms with Crippen LogP contribution < -0.4 is 0 Å². The first-order valence-electron chi connectivity index (χ1n) is 6.62. The summed E-state index contributed by atoms with van der Waals surface area (Å²) >= 11 is 0. The summed E-state index contributed by atoms with van der Waals surface area (Å²) in [6, 6.07) is 2.11. The van der Waals surface area contributed by atoms with Crippen LogP contribution in [0.3, 0.4) is 0 Å². The Morgan fingerprint density at radius 2 is 2.33 bits per heavy atom. The predicted molar refractivity (Wildman–Crippen MR) is 69.9 cm³/mol. The summed E-state index contributed by atoms with van der Waals surface area (Å²) in [6.45, 7) is 5.05. The molecular weight excluding hydrogens is 226 g/mol.